The molecule has 0 N–H and O–H groups in total. The van der Waals surface area contributed by atoms with Gasteiger partial charge in [-0.2, -0.15) is 13.2 Å². The van der Waals surface area contributed by atoms with Gasteiger partial charge in [-0.25, -0.2) is 8.42 Å². The average molecular weight is 390 g/mol. The Bertz CT molecular complexity index is 774. The first kappa shape index (κ1) is 20.4. The second-order valence-corrected chi connectivity index (χ2v) is 7.52. The molecule has 0 spiro atoms. The molecule has 0 unspecified atom stereocenters. The van der Waals surface area contributed by atoms with Gasteiger partial charge >= 0.3 is 5.51 Å². The van der Waals surface area contributed by atoms with Crippen molar-refractivity contribution >= 4 is 21.5 Å². The first-order chi connectivity index (χ1) is 12.1. The standard InChI is InChI=1S/C16H21N2.CHF3O3S/c1-14(15-7-3-2-4-8-15)13-18-12-6-11-17-10-5-9-16(17)18;2-1(3,4)8(5,6)7/h2-4,7-8H,1,5-6,9-13H2;(H,5,6,7)/q+1;/p-1. The van der Waals surface area contributed by atoms with Crippen molar-refractivity contribution in [3.63, 3.8) is 0 Å². The van der Waals surface area contributed by atoms with Gasteiger partial charge in [0.1, 0.15) is 6.54 Å². The van der Waals surface area contributed by atoms with Crippen molar-refractivity contribution in [3.8, 4) is 0 Å². The van der Waals surface area contributed by atoms with Gasteiger partial charge in [-0.1, -0.05) is 36.9 Å². The van der Waals surface area contributed by atoms with E-state index in [1.165, 1.54) is 50.0 Å². The third kappa shape index (κ3) is 5.31. The number of benzene rings is 1. The van der Waals surface area contributed by atoms with E-state index in [-0.39, 0.29) is 0 Å². The van der Waals surface area contributed by atoms with Crippen LogP contribution in [0.2, 0.25) is 0 Å². The first-order valence-corrected chi connectivity index (χ1v) is 9.61. The predicted molar refractivity (Wildman–Crippen MR) is 91.7 cm³/mol. The minimum Gasteiger partial charge on any atom is -0.741 e. The molecule has 0 saturated heterocycles. The van der Waals surface area contributed by atoms with Crippen molar-refractivity contribution < 1.29 is 30.7 Å². The zero-order chi connectivity index (χ0) is 19.4. The van der Waals surface area contributed by atoms with Crippen LogP contribution in [0.4, 0.5) is 13.2 Å². The molecule has 0 amide bonds. The summed E-state index contributed by atoms with van der Waals surface area (Å²) in [5.41, 5.74) is -3.14. The van der Waals surface area contributed by atoms with Gasteiger partial charge in [0.2, 0.25) is 5.84 Å². The summed E-state index contributed by atoms with van der Waals surface area (Å²) in [5, 5.41) is 0. The summed E-state index contributed by atoms with van der Waals surface area (Å²) in [6.07, 6.45) is 3.86. The minimum absolute atomic E-state index is 0.982. The molecule has 0 saturated carbocycles. The summed E-state index contributed by atoms with van der Waals surface area (Å²) in [6.45, 7) is 8.94. The van der Waals surface area contributed by atoms with Crippen LogP contribution in [0.1, 0.15) is 24.8 Å². The van der Waals surface area contributed by atoms with E-state index in [0.717, 1.165) is 6.54 Å². The van der Waals surface area contributed by atoms with Crippen LogP contribution in [0.3, 0.4) is 0 Å². The molecule has 0 atom stereocenters. The SMILES string of the molecule is C=C(CN1CCC[N+]2=C1CCC2)c1ccccc1.O=S(=O)([O-])C(F)(F)F. The molecule has 2 aliphatic rings. The van der Waals surface area contributed by atoms with Crippen LogP contribution in [0.15, 0.2) is 36.9 Å². The number of halogens is 3. The van der Waals surface area contributed by atoms with Crippen molar-refractivity contribution in [2.75, 3.05) is 26.2 Å². The molecule has 9 heteroatoms. The van der Waals surface area contributed by atoms with E-state index in [2.05, 4.69) is 46.4 Å². The van der Waals surface area contributed by atoms with Crippen LogP contribution in [0.5, 0.6) is 0 Å². The fraction of sp³-hybridized carbons (Fsp3) is 0.471. The molecule has 5 nitrogen and oxygen atoms in total. The number of rotatable bonds is 3. The Balaban J connectivity index is 0.000000260. The van der Waals surface area contributed by atoms with Gasteiger partial charge in [0.25, 0.3) is 0 Å². The van der Waals surface area contributed by atoms with Crippen molar-refractivity contribution in [2.24, 2.45) is 0 Å². The number of amidine groups is 1. The second-order valence-electron chi connectivity index (χ2n) is 6.15. The van der Waals surface area contributed by atoms with E-state index in [9.17, 15) is 13.2 Å². The first-order valence-electron chi connectivity index (χ1n) is 8.20. The fourth-order valence-corrected chi connectivity index (χ4v) is 3.06. The number of nitrogens with zero attached hydrogens (tertiary/aromatic N) is 2. The summed E-state index contributed by atoms with van der Waals surface area (Å²) < 4.78 is 61.5. The summed E-state index contributed by atoms with van der Waals surface area (Å²) in [6, 6.07) is 10.6. The smallest absolute Gasteiger partial charge is 0.485 e. The molecule has 1 aromatic carbocycles. The zero-order valence-electron chi connectivity index (χ0n) is 14.2. The van der Waals surface area contributed by atoms with Gasteiger partial charge in [-0.05, 0) is 17.6 Å². The third-order valence-corrected chi connectivity index (χ3v) is 4.83. The van der Waals surface area contributed by atoms with Crippen molar-refractivity contribution in [3.05, 3.63) is 42.5 Å². The lowest BCUT2D eigenvalue weighted by Crippen LogP contribution is -2.42. The molecular weight excluding hydrogens is 369 g/mol. The van der Waals surface area contributed by atoms with Gasteiger partial charge in [-0.3, -0.25) is 9.48 Å². The van der Waals surface area contributed by atoms with E-state index in [4.69, 9.17) is 13.0 Å². The Kier molecular flexibility index (Phi) is 6.46. The molecular formula is C17H21F3N2O3S. The summed E-state index contributed by atoms with van der Waals surface area (Å²) >= 11 is 0. The Morgan fingerprint density at radius 3 is 2.35 bits per heavy atom. The van der Waals surface area contributed by atoms with Crippen LogP contribution in [0, 0.1) is 0 Å². The molecule has 3 rings (SSSR count). The maximum Gasteiger partial charge on any atom is 0.485 e. The van der Waals surface area contributed by atoms with Crippen molar-refractivity contribution in [1.82, 2.24) is 4.90 Å². The van der Waals surface area contributed by atoms with Gasteiger partial charge < -0.3 is 4.55 Å². The Morgan fingerprint density at radius 1 is 1.19 bits per heavy atom. The molecule has 26 heavy (non-hydrogen) atoms. The van der Waals surface area contributed by atoms with Crippen LogP contribution in [-0.2, 0) is 10.1 Å². The average Bonchev–Trinajstić information content (AvgIpc) is 3.04. The highest BCUT2D eigenvalue weighted by Gasteiger charge is 2.37. The lowest BCUT2D eigenvalue weighted by atomic mass is 10.1. The molecule has 0 fully saturated rings. The molecule has 0 aliphatic carbocycles. The molecule has 0 aromatic heterocycles. The highest BCUT2D eigenvalue weighted by Crippen LogP contribution is 2.20. The second kappa shape index (κ2) is 8.22. The van der Waals surface area contributed by atoms with Crippen molar-refractivity contribution in [1.29, 1.82) is 0 Å². The van der Waals surface area contributed by atoms with E-state index in [1.54, 1.807) is 5.84 Å². The molecule has 0 bridgehead atoms. The largest absolute Gasteiger partial charge is 0.741 e. The zero-order valence-corrected chi connectivity index (χ0v) is 15.0. The Labute approximate surface area is 151 Å². The highest BCUT2D eigenvalue weighted by atomic mass is 32.2. The molecule has 2 heterocycles. The fourth-order valence-electron chi connectivity index (χ4n) is 3.06. The quantitative estimate of drug-likeness (QED) is 0.452. The molecule has 1 aromatic rings. The lowest BCUT2D eigenvalue weighted by molar-refractivity contribution is -0.529. The normalized spacial score (nSPS) is 17.5. The third-order valence-electron chi connectivity index (χ3n) is 4.26. The number of hydrogen-bond acceptors (Lipinski definition) is 4. The number of alkyl halides is 3. The summed E-state index contributed by atoms with van der Waals surface area (Å²) in [7, 11) is -6.09. The van der Waals surface area contributed by atoms with Gasteiger partial charge in [0.15, 0.2) is 10.1 Å². The van der Waals surface area contributed by atoms with Crippen LogP contribution in [0.25, 0.3) is 5.57 Å². The van der Waals surface area contributed by atoms with E-state index in [0.29, 0.717) is 0 Å². The summed E-state index contributed by atoms with van der Waals surface area (Å²) in [4.78, 5) is 2.53. The maximum atomic E-state index is 10.7. The van der Waals surface area contributed by atoms with Crippen LogP contribution >= 0.6 is 0 Å². The van der Waals surface area contributed by atoms with Gasteiger partial charge in [0.05, 0.1) is 26.1 Å². The van der Waals surface area contributed by atoms with Crippen LogP contribution in [-0.4, -0.2) is 60.0 Å². The highest BCUT2D eigenvalue weighted by molar-refractivity contribution is 7.86. The Morgan fingerprint density at radius 2 is 1.77 bits per heavy atom. The topological polar surface area (TPSA) is 63.5 Å². The number of hydrogen-bond donors (Lipinski definition) is 0. The molecule has 0 radical (unpaired) electrons. The lowest BCUT2D eigenvalue weighted by Gasteiger charge is -2.24. The van der Waals surface area contributed by atoms with Crippen molar-refractivity contribution in [2.45, 2.75) is 24.8 Å². The van der Waals surface area contributed by atoms with Gasteiger partial charge in [-0.15, -0.1) is 0 Å². The maximum absolute atomic E-state index is 10.7. The van der Waals surface area contributed by atoms with E-state index in [1.807, 2.05) is 0 Å². The van der Waals surface area contributed by atoms with Crippen LogP contribution < -0.4 is 0 Å². The van der Waals surface area contributed by atoms with Gasteiger partial charge in [0, 0.05) is 6.42 Å². The summed E-state index contributed by atoms with van der Waals surface area (Å²) in [5.74, 6) is 1.55. The van der Waals surface area contributed by atoms with E-state index >= 15 is 0 Å². The predicted octanol–water partition coefficient (Wildman–Crippen LogP) is 2.66. The monoisotopic (exact) mass is 390 g/mol. The molecule has 2 aliphatic heterocycles. The Hall–Kier alpha value is -1.87. The van der Waals surface area contributed by atoms with E-state index < -0.39 is 15.6 Å². The minimum atomic E-state index is -6.09. The molecule has 144 valence electrons.